The van der Waals surface area contributed by atoms with E-state index in [9.17, 15) is 4.79 Å². The Labute approximate surface area is 234 Å². The molecule has 4 N–H and O–H groups in total. The Bertz CT molecular complexity index is 1440. The number of rotatable bonds is 13. The minimum absolute atomic E-state index is 0.308. The number of hydrogen-bond donors (Lipinski definition) is 3. The molecule has 0 saturated heterocycles. The van der Waals surface area contributed by atoms with Crippen LogP contribution in [0.2, 0.25) is 5.02 Å². The lowest BCUT2D eigenvalue weighted by Crippen LogP contribution is -2.18. The Balaban J connectivity index is 1.64. The lowest BCUT2D eigenvalue weighted by atomic mass is 10.0. The summed E-state index contributed by atoms with van der Waals surface area (Å²) in [6.07, 6.45) is 3.23. The van der Waals surface area contributed by atoms with Gasteiger partial charge in [0.2, 0.25) is 0 Å². The standard InChI is InChI=1S/C31H35ClN4O3/c1-4-23-21(18-34-15-14-20-10-12-22(32)13-11-20)8-7-9-26(23)36-30-24-16-28(38-5-2)29(39-6-3)17-27(24)35-19-25(30)31(33)37/h7-13,16-17,19,34H,4-6,14-15,18H2,1-3H3,(H2,33,37)(H,35,36). The molecule has 0 aliphatic heterocycles. The molecule has 0 aliphatic carbocycles. The number of ether oxygens (including phenoxy) is 2. The number of nitrogens with two attached hydrogens (primary N) is 1. The van der Waals surface area contributed by atoms with Crippen molar-refractivity contribution in [3.8, 4) is 11.5 Å². The van der Waals surface area contributed by atoms with Crippen LogP contribution >= 0.6 is 11.6 Å². The van der Waals surface area contributed by atoms with Gasteiger partial charge < -0.3 is 25.8 Å². The minimum atomic E-state index is -0.559. The summed E-state index contributed by atoms with van der Waals surface area (Å²) < 4.78 is 11.6. The van der Waals surface area contributed by atoms with Crippen molar-refractivity contribution in [2.24, 2.45) is 5.73 Å². The zero-order valence-corrected chi connectivity index (χ0v) is 23.4. The Morgan fingerprint density at radius 1 is 1.00 bits per heavy atom. The number of hydrogen-bond acceptors (Lipinski definition) is 6. The predicted octanol–water partition coefficient (Wildman–Crippen LogP) is 6.42. The third kappa shape index (κ3) is 6.80. The smallest absolute Gasteiger partial charge is 0.252 e. The number of carbonyl (C=O) groups is 1. The van der Waals surface area contributed by atoms with Gasteiger partial charge in [-0.3, -0.25) is 9.78 Å². The molecule has 0 atom stereocenters. The maximum atomic E-state index is 12.4. The molecular formula is C31H35ClN4O3. The Hall–Kier alpha value is -3.81. The van der Waals surface area contributed by atoms with E-state index in [2.05, 4.69) is 40.7 Å². The summed E-state index contributed by atoms with van der Waals surface area (Å²) in [4.78, 5) is 16.9. The van der Waals surface area contributed by atoms with E-state index in [1.54, 1.807) is 0 Å². The van der Waals surface area contributed by atoms with Gasteiger partial charge in [-0.15, -0.1) is 0 Å². The molecule has 0 bridgehead atoms. The summed E-state index contributed by atoms with van der Waals surface area (Å²) in [6, 6.07) is 17.8. The molecule has 39 heavy (non-hydrogen) atoms. The molecule has 8 heteroatoms. The highest BCUT2D eigenvalue weighted by atomic mass is 35.5. The molecular weight excluding hydrogens is 512 g/mol. The third-order valence-corrected chi connectivity index (χ3v) is 6.76. The Kier molecular flexibility index (Phi) is 9.63. The van der Waals surface area contributed by atoms with E-state index in [0.717, 1.165) is 47.6 Å². The van der Waals surface area contributed by atoms with E-state index in [4.69, 9.17) is 26.8 Å². The van der Waals surface area contributed by atoms with E-state index in [1.807, 2.05) is 50.2 Å². The van der Waals surface area contributed by atoms with E-state index >= 15 is 0 Å². The molecule has 1 amide bonds. The third-order valence-electron chi connectivity index (χ3n) is 6.50. The number of pyridine rings is 1. The normalized spacial score (nSPS) is 11.0. The van der Waals surface area contributed by atoms with Crippen LogP contribution in [0, 0.1) is 0 Å². The number of aromatic nitrogens is 1. The second-order valence-corrected chi connectivity index (χ2v) is 9.50. The van der Waals surface area contributed by atoms with Gasteiger partial charge in [0.1, 0.15) is 0 Å². The SMILES string of the molecule is CCOc1cc2ncc(C(N)=O)c(Nc3cccc(CNCCc4ccc(Cl)cc4)c3CC)c2cc1OCC. The minimum Gasteiger partial charge on any atom is -0.490 e. The fourth-order valence-corrected chi connectivity index (χ4v) is 4.76. The summed E-state index contributed by atoms with van der Waals surface area (Å²) in [5, 5.41) is 8.55. The number of anilines is 2. The average Bonchev–Trinajstić information content (AvgIpc) is 2.93. The fourth-order valence-electron chi connectivity index (χ4n) is 4.63. The first kappa shape index (κ1) is 28.2. The Morgan fingerprint density at radius 2 is 1.72 bits per heavy atom. The number of nitrogens with zero attached hydrogens (tertiary/aromatic N) is 1. The van der Waals surface area contributed by atoms with E-state index in [1.165, 1.54) is 17.3 Å². The van der Waals surface area contributed by atoms with Gasteiger partial charge in [-0.05, 0) is 74.2 Å². The van der Waals surface area contributed by atoms with Crippen molar-refractivity contribution in [1.82, 2.24) is 10.3 Å². The molecule has 0 fully saturated rings. The maximum absolute atomic E-state index is 12.4. The highest BCUT2D eigenvalue weighted by Crippen LogP contribution is 2.38. The van der Waals surface area contributed by atoms with Crippen molar-refractivity contribution in [3.63, 3.8) is 0 Å². The van der Waals surface area contributed by atoms with Crippen LogP contribution in [0.3, 0.4) is 0 Å². The Morgan fingerprint density at radius 3 is 2.38 bits per heavy atom. The molecule has 1 heterocycles. The maximum Gasteiger partial charge on any atom is 0.252 e. The molecule has 1 aromatic heterocycles. The van der Waals surface area contributed by atoms with Gasteiger partial charge in [0.15, 0.2) is 11.5 Å². The lowest BCUT2D eigenvalue weighted by molar-refractivity contribution is 0.100. The second-order valence-electron chi connectivity index (χ2n) is 9.07. The molecule has 4 aromatic rings. The van der Waals surface area contributed by atoms with Gasteiger partial charge >= 0.3 is 0 Å². The van der Waals surface area contributed by atoms with Crippen LogP contribution in [0.1, 0.15) is 47.8 Å². The zero-order chi connectivity index (χ0) is 27.8. The fraction of sp³-hybridized carbons (Fsp3) is 0.290. The van der Waals surface area contributed by atoms with Crippen LogP contribution in [0.4, 0.5) is 11.4 Å². The molecule has 0 aliphatic rings. The summed E-state index contributed by atoms with van der Waals surface area (Å²) >= 11 is 6.00. The lowest BCUT2D eigenvalue weighted by Gasteiger charge is -2.19. The van der Waals surface area contributed by atoms with E-state index < -0.39 is 5.91 Å². The number of halogens is 1. The van der Waals surface area contributed by atoms with Crippen molar-refractivity contribution >= 4 is 39.8 Å². The highest BCUT2D eigenvalue weighted by molar-refractivity contribution is 6.30. The highest BCUT2D eigenvalue weighted by Gasteiger charge is 2.18. The van der Waals surface area contributed by atoms with Crippen LogP contribution < -0.4 is 25.8 Å². The van der Waals surface area contributed by atoms with Gasteiger partial charge in [-0.2, -0.15) is 0 Å². The number of primary amides is 1. The van der Waals surface area contributed by atoms with Gasteiger partial charge in [-0.1, -0.05) is 42.8 Å². The summed E-state index contributed by atoms with van der Waals surface area (Å²) in [6.45, 7) is 8.49. The van der Waals surface area contributed by atoms with Crippen LogP contribution in [-0.4, -0.2) is 30.6 Å². The van der Waals surface area contributed by atoms with Crippen molar-refractivity contribution in [2.75, 3.05) is 25.1 Å². The zero-order valence-electron chi connectivity index (χ0n) is 22.6. The van der Waals surface area contributed by atoms with Crippen molar-refractivity contribution in [3.05, 3.63) is 88.1 Å². The molecule has 7 nitrogen and oxygen atoms in total. The van der Waals surface area contributed by atoms with Crippen LogP contribution in [0.15, 0.2) is 60.8 Å². The van der Waals surface area contributed by atoms with Gasteiger partial charge in [0, 0.05) is 34.9 Å². The first-order chi connectivity index (χ1) is 18.9. The van der Waals surface area contributed by atoms with E-state index in [-0.39, 0.29) is 0 Å². The first-order valence-electron chi connectivity index (χ1n) is 13.3. The molecule has 0 unspecified atom stereocenters. The van der Waals surface area contributed by atoms with E-state index in [0.29, 0.717) is 41.5 Å². The molecule has 204 valence electrons. The first-order valence-corrected chi connectivity index (χ1v) is 13.7. The summed E-state index contributed by atoms with van der Waals surface area (Å²) in [7, 11) is 0. The summed E-state index contributed by atoms with van der Waals surface area (Å²) in [5.41, 5.74) is 11.9. The average molecular weight is 547 g/mol. The number of fused-ring (bicyclic) bond motifs is 1. The van der Waals surface area contributed by atoms with Crippen molar-refractivity contribution in [1.29, 1.82) is 0 Å². The monoisotopic (exact) mass is 546 g/mol. The summed E-state index contributed by atoms with van der Waals surface area (Å²) in [5.74, 6) is 0.641. The number of amides is 1. The predicted molar refractivity (Wildman–Crippen MR) is 159 cm³/mol. The molecule has 0 saturated carbocycles. The topological polar surface area (TPSA) is 98.5 Å². The van der Waals surface area contributed by atoms with Gasteiger partial charge in [0.05, 0.1) is 30.0 Å². The molecule has 0 radical (unpaired) electrons. The number of benzene rings is 3. The molecule has 4 rings (SSSR count). The second kappa shape index (κ2) is 13.3. The number of nitrogens with one attached hydrogen (secondary N) is 2. The van der Waals surface area contributed by atoms with Gasteiger partial charge in [-0.25, -0.2) is 0 Å². The van der Waals surface area contributed by atoms with Crippen LogP contribution in [-0.2, 0) is 19.4 Å². The van der Waals surface area contributed by atoms with Crippen molar-refractivity contribution < 1.29 is 14.3 Å². The van der Waals surface area contributed by atoms with Crippen LogP contribution in [0.25, 0.3) is 10.9 Å². The largest absolute Gasteiger partial charge is 0.490 e. The molecule has 3 aromatic carbocycles. The van der Waals surface area contributed by atoms with Gasteiger partial charge in [0.25, 0.3) is 5.91 Å². The van der Waals surface area contributed by atoms with Crippen LogP contribution in [0.5, 0.6) is 11.5 Å². The number of carbonyl (C=O) groups excluding carboxylic acids is 1. The van der Waals surface area contributed by atoms with Crippen molar-refractivity contribution in [2.45, 2.75) is 40.2 Å². The molecule has 0 spiro atoms. The quantitative estimate of drug-likeness (QED) is 0.167.